The Morgan fingerprint density at radius 2 is 2.06 bits per heavy atom. The summed E-state index contributed by atoms with van der Waals surface area (Å²) in [5.74, 6) is 0.888. The van der Waals surface area contributed by atoms with Crippen molar-refractivity contribution in [3.63, 3.8) is 0 Å². The van der Waals surface area contributed by atoms with Crippen LogP contribution in [-0.2, 0) is 4.74 Å². The van der Waals surface area contributed by atoms with E-state index in [1.807, 2.05) is 31.2 Å². The fraction of sp³-hybridized carbons (Fsp3) is 0.500. The molecule has 0 spiro atoms. The van der Waals surface area contributed by atoms with E-state index in [-0.39, 0.29) is 17.6 Å². The monoisotopic (exact) mass is 352 g/mol. The summed E-state index contributed by atoms with van der Waals surface area (Å²) in [5.41, 5.74) is 0. The van der Waals surface area contributed by atoms with Crippen molar-refractivity contribution in [2.45, 2.75) is 30.9 Å². The lowest BCUT2D eigenvalue weighted by molar-refractivity contribution is -0.0759. The van der Waals surface area contributed by atoms with E-state index in [9.17, 15) is 0 Å². The van der Waals surface area contributed by atoms with Gasteiger partial charge in [-0.25, -0.2) is 0 Å². The first-order valence-electron chi connectivity index (χ1n) is 5.38. The fourth-order valence-electron chi connectivity index (χ4n) is 1.73. The van der Waals surface area contributed by atoms with Gasteiger partial charge in [0.2, 0.25) is 0 Å². The third-order valence-electron chi connectivity index (χ3n) is 2.64. The van der Waals surface area contributed by atoms with Crippen molar-refractivity contribution in [1.29, 1.82) is 0 Å². The molecule has 88 valence electrons. The zero-order chi connectivity index (χ0) is 11.5. The van der Waals surface area contributed by atoms with Crippen LogP contribution in [0.15, 0.2) is 24.3 Å². The van der Waals surface area contributed by atoms with Gasteiger partial charge in [0, 0.05) is 16.6 Å². The molecule has 0 N–H and O–H groups in total. The second-order valence-electron chi connectivity index (χ2n) is 3.78. The summed E-state index contributed by atoms with van der Waals surface area (Å²) < 4.78 is 12.6. The maximum Gasteiger partial charge on any atom is 0.128 e. The number of rotatable bonds is 4. The smallest absolute Gasteiger partial charge is 0.128 e. The van der Waals surface area contributed by atoms with Gasteiger partial charge in [-0.1, -0.05) is 0 Å². The molecule has 16 heavy (non-hydrogen) atoms. The summed E-state index contributed by atoms with van der Waals surface area (Å²) in [4.78, 5) is 0. The summed E-state index contributed by atoms with van der Waals surface area (Å²) in [5, 5.41) is 0.0915. The van der Waals surface area contributed by atoms with Crippen LogP contribution in [0.5, 0.6) is 5.75 Å². The van der Waals surface area contributed by atoms with Gasteiger partial charge < -0.3 is 9.47 Å². The molecule has 3 unspecified atom stereocenters. The van der Waals surface area contributed by atoms with Gasteiger partial charge in [-0.3, -0.25) is 0 Å². The van der Waals surface area contributed by atoms with Crippen molar-refractivity contribution in [1.82, 2.24) is 0 Å². The quantitative estimate of drug-likeness (QED) is 0.610. The van der Waals surface area contributed by atoms with Crippen LogP contribution >= 0.6 is 34.2 Å². The van der Waals surface area contributed by atoms with E-state index in [0.717, 1.165) is 12.2 Å². The molecule has 0 aliphatic heterocycles. The van der Waals surface area contributed by atoms with Crippen LogP contribution in [0.25, 0.3) is 0 Å². The van der Waals surface area contributed by atoms with E-state index in [1.165, 1.54) is 3.57 Å². The first-order chi connectivity index (χ1) is 7.70. The lowest BCUT2D eigenvalue weighted by atomic mass is 9.91. The average molecular weight is 353 g/mol. The lowest BCUT2D eigenvalue weighted by Gasteiger charge is -2.40. The molecule has 2 nitrogen and oxygen atoms in total. The molecule has 0 radical (unpaired) electrons. The molecule has 0 amide bonds. The Kier molecular flexibility index (Phi) is 4.33. The maximum absolute atomic E-state index is 6.07. The molecular weight excluding hydrogens is 338 g/mol. The van der Waals surface area contributed by atoms with Gasteiger partial charge in [-0.05, 0) is 53.8 Å². The zero-order valence-corrected chi connectivity index (χ0v) is 11.9. The van der Waals surface area contributed by atoms with Crippen LogP contribution in [-0.4, -0.2) is 24.2 Å². The van der Waals surface area contributed by atoms with Crippen LogP contribution in [0.4, 0.5) is 0 Å². The molecule has 1 fully saturated rings. The van der Waals surface area contributed by atoms with Crippen LogP contribution in [0.3, 0.4) is 0 Å². The van der Waals surface area contributed by atoms with Gasteiger partial charge in [0.1, 0.15) is 18.0 Å². The molecule has 1 saturated carbocycles. The van der Waals surface area contributed by atoms with E-state index in [4.69, 9.17) is 21.1 Å². The minimum atomic E-state index is 0.0333. The van der Waals surface area contributed by atoms with Crippen LogP contribution < -0.4 is 4.74 Å². The molecule has 0 heterocycles. The minimum Gasteiger partial charge on any atom is -0.488 e. The van der Waals surface area contributed by atoms with Gasteiger partial charge >= 0.3 is 0 Å². The molecule has 0 saturated heterocycles. The number of ether oxygens (including phenoxy) is 2. The Balaban J connectivity index is 1.92. The number of halogens is 2. The van der Waals surface area contributed by atoms with Crippen LogP contribution in [0, 0.1) is 3.57 Å². The highest BCUT2D eigenvalue weighted by Crippen LogP contribution is 2.33. The summed E-state index contributed by atoms with van der Waals surface area (Å²) in [6, 6.07) is 8.02. The SMILES string of the molecule is CCOC1C(Cl)CC1Oc1ccc(I)cc1. The Labute approximate surface area is 114 Å². The van der Waals surface area contributed by atoms with Crippen molar-refractivity contribution in [2.24, 2.45) is 0 Å². The summed E-state index contributed by atoms with van der Waals surface area (Å²) in [7, 11) is 0. The van der Waals surface area contributed by atoms with Gasteiger partial charge in [0.15, 0.2) is 0 Å². The van der Waals surface area contributed by atoms with Crippen molar-refractivity contribution >= 4 is 34.2 Å². The van der Waals surface area contributed by atoms with E-state index in [2.05, 4.69) is 22.6 Å². The standard InChI is InChI=1S/C12H14ClIO2/c1-2-15-12-10(13)7-11(12)16-9-5-3-8(14)4-6-9/h3-6,10-12H,2,7H2,1H3. The number of alkyl halides is 1. The Morgan fingerprint density at radius 1 is 1.38 bits per heavy atom. The molecular formula is C12H14ClIO2. The Bertz CT molecular complexity index is 341. The highest BCUT2D eigenvalue weighted by Gasteiger charge is 2.42. The van der Waals surface area contributed by atoms with Crippen molar-refractivity contribution in [3.05, 3.63) is 27.8 Å². The molecule has 4 heteroatoms. The van der Waals surface area contributed by atoms with E-state index < -0.39 is 0 Å². The van der Waals surface area contributed by atoms with Crippen molar-refractivity contribution in [2.75, 3.05) is 6.61 Å². The number of benzene rings is 1. The van der Waals surface area contributed by atoms with Crippen LogP contribution in [0.1, 0.15) is 13.3 Å². The van der Waals surface area contributed by atoms with E-state index in [0.29, 0.717) is 6.61 Å². The molecule has 1 aromatic carbocycles. The summed E-state index contributed by atoms with van der Waals surface area (Å²) in [6.07, 6.45) is 0.992. The van der Waals surface area contributed by atoms with Crippen molar-refractivity contribution < 1.29 is 9.47 Å². The maximum atomic E-state index is 6.07. The first kappa shape index (κ1) is 12.5. The topological polar surface area (TPSA) is 18.5 Å². The normalized spacial score (nSPS) is 28.6. The molecule has 3 atom stereocenters. The predicted molar refractivity (Wildman–Crippen MR) is 73.2 cm³/mol. The molecule has 1 aliphatic carbocycles. The molecule has 0 aromatic heterocycles. The van der Waals surface area contributed by atoms with E-state index in [1.54, 1.807) is 0 Å². The van der Waals surface area contributed by atoms with Crippen molar-refractivity contribution in [3.8, 4) is 5.75 Å². The molecule has 1 aromatic rings. The fourth-order valence-corrected chi connectivity index (χ4v) is 2.50. The molecule has 0 bridgehead atoms. The Morgan fingerprint density at radius 3 is 2.62 bits per heavy atom. The summed E-state index contributed by atoms with van der Waals surface area (Å²) in [6.45, 7) is 2.66. The second-order valence-corrected chi connectivity index (χ2v) is 5.59. The van der Waals surface area contributed by atoms with Gasteiger partial charge in [0.05, 0.1) is 5.38 Å². The average Bonchev–Trinajstić information content (AvgIpc) is 2.28. The zero-order valence-electron chi connectivity index (χ0n) is 9.03. The summed E-state index contributed by atoms with van der Waals surface area (Å²) >= 11 is 8.35. The minimum absolute atomic E-state index is 0.0333. The molecule has 1 aliphatic rings. The lowest BCUT2D eigenvalue weighted by Crippen LogP contribution is -2.52. The second kappa shape index (κ2) is 5.56. The van der Waals surface area contributed by atoms with Gasteiger partial charge in [-0.15, -0.1) is 11.6 Å². The molecule has 2 rings (SSSR count). The van der Waals surface area contributed by atoms with E-state index >= 15 is 0 Å². The van der Waals surface area contributed by atoms with Gasteiger partial charge in [-0.2, -0.15) is 0 Å². The highest BCUT2D eigenvalue weighted by atomic mass is 127. The third-order valence-corrected chi connectivity index (χ3v) is 3.79. The number of hydrogen-bond acceptors (Lipinski definition) is 2. The highest BCUT2D eigenvalue weighted by molar-refractivity contribution is 14.1. The Hall–Kier alpha value is -0.000000000000000111. The third kappa shape index (κ3) is 2.81. The van der Waals surface area contributed by atoms with Crippen LogP contribution in [0.2, 0.25) is 0 Å². The van der Waals surface area contributed by atoms with Gasteiger partial charge in [0.25, 0.3) is 0 Å². The number of hydrogen-bond donors (Lipinski definition) is 0. The predicted octanol–water partition coefficient (Wildman–Crippen LogP) is 3.45. The largest absolute Gasteiger partial charge is 0.488 e. The first-order valence-corrected chi connectivity index (χ1v) is 6.90.